The van der Waals surface area contributed by atoms with Crippen molar-refractivity contribution in [2.24, 2.45) is 0 Å². The summed E-state index contributed by atoms with van der Waals surface area (Å²) in [4.78, 5) is 38.4. The number of amides is 2. The van der Waals surface area contributed by atoms with E-state index in [0.717, 1.165) is 16.3 Å². The Balaban J connectivity index is 1.63. The molecule has 150 valence electrons. The van der Waals surface area contributed by atoms with Gasteiger partial charge in [-0.2, -0.15) is 0 Å². The van der Waals surface area contributed by atoms with Crippen LogP contribution in [0.4, 0.5) is 0 Å². The van der Waals surface area contributed by atoms with Crippen LogP contribution in [0, 0.1) is 20.8 Å². The summed E-state index contributed by atoms with van der Waals surface area (Å²) in [5, 5.41) is 6.64. The summed E-state index contributed by atoms with van der Waals surface area (Å²) in [6, 6.07) is 9.69. The van der Waals surface area contributed by atoms with E-state index in [1.165, 1.54) is 17.5 Å². The molecule has 0 spiro atoms. The van der Waals surface area contributed by atoms with Crippen LogP contribution in [0.3, 0.4) is 0 Å². The molecule has 2 aromatic heterocycles. The first-order chi connectivity index (χ1) is 13.9. The van der Waals surface area contributed by atoms with Gasteiger partial charge in [0, 0.05) is 25.7 Å². The van der Waals surface area contributed by atoms with Crippen molar-refractivity contribution in [2.45, 2.75) is 33.7 Å². The van der Waals surface area contributed by atoms with Crippen molar-refractivity contribution in [2.75, 3.05) is 6.54 Å². The fraction of sp³-hybridized carbons (Fsp3) is 0.286. The number of carbonyl (C=O) groups excluding carboxylic acids is 2. The number of carbonyl (C=O) groups is 2. The van der Waals surface area contributed by atoms with Crippen LogP contribution in [-0.2, 0) is 13.0 Å². The molecule has 0 aliphatic carbocycles. The third kappa shape index (κ3) is 5.45. The molecule has 3 aromatic rings. The molecule has 0 aliphatic rings. The minimum atomic E-state index is -0.232. The van der Waals surface area contributed by atoms with E-state index < -0.39 is 0 Å². The molecule has 8 heteroatoms. The predicted octanol–water partition coefficient (Wildman–Crippen LogP) is 2.76. The van der Waals surface area contributed by atoms with E-state index in [1.807, 2.05) is 44.2 Å². The lowest BCUT2D eigenvalue weighted by Gasteiger charge is -2.11. The SMILES string of the molecule is Cc1ncc(C(=O)NCc2ccccc2)c(CCNC(=O)c2sc(C)nc2C)n1. The minimum Gasteiger partial charge on any atom is -0.351 e. The second-order valence-corrected chi connectivity index (χ2v) is 7.80. The van der Waals surface area contributed by atoms with Crippen LogP contribution >= 0.6 is 11.3 Å². The standard InChI is InChI=1S/C21H23N5O2S/c1-13-19(29-15(3)25-13)21(28)22-10-9-18-17(12-23-14(2)26-18)20(27)24-11-16-7-5-4-6-8-16/h4-8,12H,9-11H2,1-3H3,(H,22,28)(H,24,27). The molecule has 7 nitrogen and oxygen atoms in total. The van der Waals surface area contributed by atoms with Crippen LogP contribution in [0.25, 0.3) is 0 Å². The number of hydrogen-bond donors (Lipinski definition) is 2. The summed E-state index contributed by atoms with van der Waals surface area (Å²) in [5.41, 5.74) is 2.77. The van der Waals surface area contributed by atoms with E-state index in [0.29, 0.717) is 41.5 Å². The molecular formula is C21H23N5O2S. The van der Waals surface area contributed by atoms with Gasteiger partial charge in [0.1, 0.15) is 10.7 Å². The van der Waals surface area contributed by atoms with Crippen molar-refractivity contribution in [3.05, 3.63) is 74.8 Å². The lowest BCUT2D eigenvalue weighted by Crippen LogP contribution is -2.28. The van der Waals surface area contributed by atoms with Crippen molar-refractivity contribution in [1.29, 1.82) is 0 Å². The van der Waals surface area contributed by atoms with Gasteiger partial charge in [0.25, 0.3) is 11.8 Å². The molecule has 2 amide bonds. The second kappa shape index (κ2) is 9.38. The highest BCUT2D eigenvalue weighted by Crippen LogP contribution is 2.16. The Morgan fingerprint density at radius 2 is 1.76 bits per heavy atom. The van der Waals surface area contributed by atoms with Crippen LogP contribution in [-0.4, -0.2) is 33.3 Å². The molecule has 0 fully saturated rings. The van der Waals surface area contributed by atoms with Crippen LogP contribution in [0.5, 0.6) is 0 Å². The topological polar surface area (TPSA) is 96.9 Å². The molecule has 0 aliphatic heterocycles. The molecule has 2 heterocycles. The van der Waals surface area contributed by atoms with Gasteiger partial charge < -0.3 is 10.6 Å². The van der Waals surface area contributed by atoms with E-state index in [2.05, 4.69) is 25.6 Å². The van der Waals surface area contributed by atoms with Crippen molar-refractivity contribution in [3.8, 4) is 0 Å². The number of thiazole rings is 1. The summed E-state index contributed by atoms with van der Waals surface area (Å²) in [6.07, 6.45) is 1.97. The highest BCUT2D eigenvalue weighted by molar-refractivity contribution is 7.13. The number of aryl methyl sites for hydroxylation is 3. The van der Waals surface area contributed by atoms with Crippen LogP contribution in [0.15, 0.2) is 36.5 Å². The summed E-state index contributed by atoms with van der Waals surface area (Å²) < 4.78 is 0. The number of nitrogens with one attached hydrogen (secondary N) is 2. The van der Waals surface area contributed by atoms with Crippen LogP contribution in [0.2, 0.25) is 0 Å². The van der Waals surface area contributed by atoms with Gasteiger partial charge in [-0.05, 0) is 26.3 Å². The number of rotatable bonds is 7. The van der Waals surface area contributed by atoms with Gasteiger partial charge in [-0.15, -0.1) is 11.3 Å². The monoisotopic (exact) mass is 409 g/mol. The Bertz CT molecular complexity index is 1020. The third-order valence-corrected chi connectivity index (χ3v) is 5.36. The van der Waals surface area contributed by atoms with Crippen molar-refractivity contribution in [1.82, 2.24) is 25.6 Å². The van der Waals surface area contributed by atoms with Crippen molar-refractivity contribution < 1.29 is 9.59 Å². The van der Waals surface area contributed by atoms with Gasteiger partial charge in [0.05, 0.1) is 22.0 Å². The fourth-order valence-corrected chi connectivity index (χ4v) is 3.72. The fourth-order valence-electron chi connectivity index (χ4n) is 2.89. The van der Waals surface area contributed by atoms with Crippen LogP contribution < -0.4 is 10.6 Å². The molecule has 29 heavy (non-hydrogen) atoms. The highest BCUT2D eigenvalue weighted by atomic mass is 32.1. The van der Waals surface area contributed by atoms with Gasteiger partial charge in [-0.25, -0.2) is 15.0 Å². The summed E-state index contributed by atoms with van der Waals surface area (Å²) in [7, 11) is 0. The molecule has 3 rings (SSSR count). The molecule has 0 saturated carbocycles. The quantitative estimate of drug-likeness (QED) is 0.625. The smallest absolute Gasteiger partial charge is 0.263 e. The van der Waals surface area contributed by atoms with Crippen LogP contribution in [0.1, 0.15) is 47.8 Å². The number of benzene rings is 1. The predicted molar refractivity (Wildman–Crippen MR) is 112 cm³/mol. The maximum absolute atomic E-state index is 12.6. The second-order valence-electron chi connectivity index (χ2n) is 6.60. The Labute approximate surface area is 173 Å². The molecular weight excluding hydrogens is 386 g/mol. The first-order valence-corrected chi connectivity index (χ1v) is 10.1. The first kappa shape index (κ1) is 20.6. The molecule has 2 N–H and O–H groups in total. The number of hydrogen-bond acceptors (Lipinski definition) is 6. The summed E-state index contributed by atoms with van der Waals surface area (Å²) >= 11 is 1.37. The lowest BCUT2D eigenvalue weighted by atomic mass is 10.1. The van der Waals surface area contributed by atoms with E-state index >= 15 is 0 Å². The molecule has 0 bridgehead atoms. The van der Waals surface area contributed by atoms with Gasteiger partial charge in [0.2, 0.25) is 0 Å². The average molecular weight is 410 g/mol. The summed E-state index contributed by atoms with van der Waals surface area (Å²) in [6.45, 7) is 6.26. The Hall–Kier alpha value is -3.13. The van der Waals surface area contributed by atoms with E-state index in [1.54, 1.807) is 6.92 Å². The zero-order valence-corrected chi connectivity index (χ0v) is 17.5. The lowest BCUT2D eigenvalue weighted by molar-refractivity contribution is 0.0947. The summed E-state index contributed by atoms with van der Waals surface area (Å²) in [5.74, 6) is 0.193. The number of aromatic nitrogens is 3. The van der Waals surface area contributed by atoms with Crippen molar-refractivity contribution in [3.63, 3.8) is 0 Å². The van der Waals surface area contributed by atoms with Gasteiger partial charge in [0.15, 0.2) is 0 Å². The largest absolute Gasteiger partial charge is 0.351 e. The number of nitrogens with zero attached hydrogens (tertiary/aromatic N) is 3. The Morgan fingerprint density at radius 1 is 1.00 bits per heavy atom. The normalized spacial score (nSPS) is 10.6. The van der Waals surface area contributed by atoms with Gasteiger partial charge in [-0.1, -0.05) is 30.3 Å². The zero-order chi connectivity index (χ0) is 20.8. The maximum atomic E-state index is 12.6. The minimum absolute atomic E-state index is 0.158. The highest BCUT2D eigenvalue weighted by Gasteiger charge is 2.16. The van der Waals surface area contributed by atoms with Gasteiger partial charge >= 0.3 is 0 Å². The average Bonchev–Trinajstić information content (AvgIpc) is 3.05. The maximum Gasteiger partial charge on any atom is 0.263 e. The molecule has 1 aromatic carbocycles. The Morgan fingerprint density at radius 3 is 2.45 bits per heavy atom. The zero-order valence-electron chi connectivity index (χ0n) is 16.7. The van der Waals surface area contributed by atoms with E-state index in [-0.39, 0.29) is 11.8 Å². The van der Waals surface area contributed by atoms with Crippen molar-refractivity contribution >= 4 is 23.2 Å². The van der Waals surface area contributed by atoms with E-state index in [9.17, 15) is 9.59 Å². The molecule has 0 saturated heterocycles. The van der Waals surface area contributed by atoms with E-state index in [4.69, 9.17) is 0 Å². The molecule has 0 atom stereocenters. The third-order valence-electron chi connectivity index (χ3n) is 4.29. The Kier molecular flexibility index (Phi) is 6.66. The molecule has 0 radical (unpaired) electrons. The van der Waals surface area contributed by atoms with Gasteiger partial charge in [-0.3, -0.25) is 9.59 Å². The first-order valence-electron chi connectivity index (χ1n) is 9.31. The molecule has 0 unspecified atom stereocenters.